The zero-order valence-electron chi connectivity index (χ0n) is 14.4. The van der Waals surface area contributed by atoms with Crippen LogP contribution < -0.4 is 10.2 Å². The van der Waals surface area contributed by atoms with Gasteiger partial charge in [-0.05, 0) is 37.1 Å². The Bertz CT molecular complexity index is 687. The van der Waals surface area contributed by atoms with Crippen LogP contribution in [0.3, 0.4) is 0 Å². The van der Waals surface area contributed by atoms with Crippen molar-refractivity contribution in [3.63, 3.8) is 0 Å². The van der Waals surface area contributed by atoms with Gasteiger partial charge in [-0.2, -0.15) is 0 Å². The van der Waals surface area contributed by atoms with Gasteiger partial charge in [0.1, 0.15) is 0 Å². The van der Waals surface area contributed by atoms with Crippen LogP contribution in [0.15, 0.2) is 72.8 Å². The van der Waals surface area contributed by atoms with E-state index in [1.54, 1.807) is 48.5 Å². The van der Waals surface area contributed by atoms with Crippen molar-refractivity contribution in [1.29, 1.82) is 0 Å². The van der Waals surface area contributed by atoms with Crippen molar-refractivity contribution in [3.8, 4) is 0 Å². The molecule has 0 unspecified atom stereocenters. The molecule has 0 atom stereocenters. The SMILES string of the molecule is CC(=O)C=C([O-])c1ccccc1.CC(=O)C=C([O-])c1ccccc1.[O]=[V+2]. The van der Waals surface area contributed by atoms with E-state index in [4.69, 9.17) is 3.67 Å². The van der Waals surface area contributed by atoms with E-state index in [0.717, 1.165) is 29.5 Å². The maximum atomic E-state index is 11.2. The Kier molecular flexibility index (Phi) is 12.1. The second kappa shape index (κ2) is 13.5. The van der Waals surface area contributed by atoms with Crippen LogP contribution in [0.5, 0.6) is 0 Å². The summed E-state index contributed by atoms with van der Waals surface area (Å²) >= 11 is 1.06. The monoisotopic (exact) mass is 389 g/mol. The molecule has 0 fully saturated rings. The van der Waals surface area contributed by atoms with E-state index in [2.05, 4.69) is 0 Å². The van der Waals surface area contributed by atoms with Gasteiger partial charge in [-0.1, -0.05) is 72.2 Å². The van der Waals surface area contributed by atoms with Gasteiger partial charge in [-0.3, -0.25) is 9.59 Å². The molecule has 0 bridgehead atoms. The zero-order valence-corrected chi connectivity index (χ0v) is 15.8. The molecule has 0 saturated heterocycles. The van der Waals surface area contributed by atoms with Crippen molar-refractivity contribution in [2.24, 2.45) is 0 Å². The van der Waals surface area contributed by atoms with E-state index in [1.807, 2.05) is 12.1 Å². The van der Waals surface area contributed by atoms with Crippen molar-refractivity contribution < 1.29 is 40.8 Å². The molecule has 0 saturated carbocycles. The van der Waals surface area contributed by atoms with E-state index < -0.39 is 0 Å². The third-order valence-electron chi connectivity index (χ3n) is 2.79. The van der Waals surface area contributed by atoms with E-state index in [0.29, 0.717) is 11.1 Å². The molecule has 5 nitrogen and oxygen atoms in total. The Morgan fingerprint density at radius 3 is 1.19 bits per heavy atom. The quantitative estimate of drug-likeness (QED) is 0.587. The third-order valence-corrected chi connectivity index (χ3v) is 2.79. The van der Waals surface area contributed by atoms with E-state index in [-0.39, 0.29) is 23.1 Å². The van der Waals surface area contributed by atoms with Crippen LogP contribution in [0.1, 0.15) is 25.0 Å². The number of hydrogen-bond acceptors (Lipinski definition) is 5. The van der Waals surface area contributed by atoms with Gasteiger partial charge in [0.15, 0.2) is 11.6 Å². The first-order chi connectivity index (χ1) is 12.4. The standard InChI is InChI=1S/2C10H10O2.O.V/c2*1-8(11)7-10(12)9-5-3-2-4-6-9;;/h2*2-7,12H,1H3;;/q;;;+2/p-2. The summed E-state index contributed by atoms with van der Waals surface area (Å²) in [6, 6.07) is 17.4. The summed E-state index contributed by atoms with van der Waals surface area (Å²) in [5.41, 5.74) is 1.10. The van der Waals surface area contributed by atoms with Gasteiger partial charge in [-0.15, -0.1) is 0 Å². The van der Waals surface area contributed by atoms with Crippen LogP contribution in [-0.4, -0.2) is 11.6 Å². The van der Waals surface area contributed by atoms with Gasteiger partial charge in [0.05, 0.1) is 0 Å². The Hall–Kier alpha value is -2.76. The van der Waals surface area contributed by atoms with Crippen molar-refractivity contribution in [2.75, 3.05) is 0 Å². The first-order valence-corrected chi connectivity index (χ1v) is 8.05. The topological polar surface area (TPSA) is 97.3 Å². The first kappa shape index (κ1) is 23.2. The van der Waals surface area contributed by atoms with Gasteiger partial charge in [0.2, 0.25) is 0 Å². The number of rotatable bonds is 4. The Morgan fingerprint density at radius 1 is 0.692 bits per heavy atom. The minimum atomic E-state index is -0.233. The summed E-state index contributed by atoms with van der Waals surface area (Å²) in [5, 5.41) is 22.4. The predicted octanol–water partition coefficient (Wildman–Crippen LogP) is 1.83. The van der Waals surface area contributed by atoms with Crippen LogP contribution in [0.4, 0.5) is 0 Å². The Balaban J connectivity index is 0.000000439. The number of ketones is 2. The van der Waals surface area contributed by atoms with Gasteiger partial charge < -0.3 is 10.2 Å². The average Bonchev–Trinajstić information content (AvgIpc) is 2.64. The van der Waals surface area contributed by atoms with Crippen molar-refractivity contribution in [3.05, 3.63) is 83.9 Å². The molecule has 0 N–H and O–H groups in total. The number of carbonyl (C=O) groups is 2. The molecule has 0 amide bonds. The summed E-state index contributed by atoms with van der Waals surface area (Å²) < 4.78 is 8.19. The summed E-state index contributed by atoms with van der Waals surface area (Å²) in [6.45, 7) is 2.72. The van der Waals surface area contributed by atoms with Crippen molar-refractivity contribution in [2.45, 2.75) is 13.8 Å². The molecule has 26 heavy (non-hydrogen) atoms. The fraction of sp³-hybridized carbons (Fsp3) is 0.100. The van der Waals surface area contributed by atoms with E-state index >= 15 is 0 Å². The Labute approximate surface area is 161 Å². The summed E-state index contributed by atoms with van der Waals surface area (Å²) in [7, 11) is 0. The van der Waals surface area contributed by atoms with Crippen LogP contribution in [0.25, 0.3) is 11.5 Å². The molecule has 0 aliphatic heterocycles. The molecule has 133 valence electrons. The molecule has 0 aliphatic carbocycles. The van der Waals surface area contributed by atoms with Crippen molar-refractivity contribution >= 4 is 23.1 Å². The average molecular weight is 389 g/mol. The molecule has 0 heterocycles. The zero-order chi connectivity index (χ0) is 19.9. The minimum absolute atomic E-state index is 0.219. The number of benzene rings is 2. The fourth-order valence-corrected chi connectivity index (χ4v) is 1.74. The molecule has 0 radical (unpaired) electrons. The van der Waals surface area contributed by atoms with Gasteiger partial charge in [0, 0.05) is 0 Å². The van der Waals surface area contributed by atoms with Gasteiger partial charge in [-0.25, -0.2) is 0 Å². The maximum absolute atomic E-state index is 11.2. The fourth-order valence-electron chi connectivity index (χ4n) is 1.74. The third kappa shape index (κ3) is 10.2. The summed E-state index contributed by atoms with van der Waals surface area (Å²) in [4.78, 5) is 21.1. The second-order valence-corrected chi connectivity index (χ2v) is 4.97. The molecule has 6 heteroatoms. The molecular weight excluding hydrogens is 371 g/mol. The van der Waals surface area contributed by atoms with Gasteiger partial charge >= 0.3 is 21.0 Å². The van der Waals surface area contributed by atoms with E-state index in [9.17, 15) is 19.8 Å². The van der Waals surface area contributed by atoms with Crippen LogP contribution in [-0.2, 0) is 30.6 Å². The number of allylic oxidation sites excluding steroid dienone is 2. The molecular formula is C20H18O5V. The van der Waals surface area contributed by atoms with Crippen molar-refractivity contribution in [1.82, 2.24) is 0 Å². The normalized spacial score (nSPS) is 10.6. The second-order valence-electron chi connectivity index (χ2n) is 4.97. The molecule has 2 aromatic rings. The molecule has 2 aromatic carbocycles. The summed E-state index contributed by atoms with van der Waals surface area (Å²) in [5.74, 6) is -0.904. The first-order valence-electron chi connectivity index (χ1n) is 7.48. The summed E-state index contributed by atoms with van der Waals surface area (Å²) in [6.07, 6.45) is 2.19. The predicted molar refractivity (Wildman–Crippen MR) is 90.9 cm³/mol. The number of hydrogen-bond donors (Lipinski definition) is 0. The van der Waals surface area contributed by atoms with Crippen LogP contribution in [0.2, 0.25) is 0 Å². The molecule has 0 aliphatic rings. The molecule has 0 spiro atoms. The van der Waals surface area contributed by atoms with Gasteiger partial charge in [0.25, 0.3) is 0 Å². The van der Waals surface area contributed by atoms with Crippen LogP contribution in [0, 0.1) is 0 Å². The van der Waals surface area contributed by atoms with E-state index in [1.165, 1.54) is 13.8 Å². The molecule has 0 aromatic heterocycles. The molecule has 2 rings (SSSR count). The number of carbonyl (C=O) groups excluding carboxylic acids is 2. The Morgan fingerprint density at radius 2 is 0.962 bits per heavy atom. The van der Waals surface area contributed by atoms with Crippen LogP contribution >= 0.6 is 0 Å².